The van der Waals surface area contributed by atoms with Crippen molar-refractivity contribution in [3.8, 4) is 0 Å². The molecule has 3 heterocycles. The van der Waals surface area contributed by atoms with E-state index in [1.807, 2.05) is 32.9 Å². The molecule has 4 aliphatic rings. The minimum atomic E-state index is -2.54. The number of fused-ring (bicyclic) bond motifs is 3. The van der Waals surface area contributed by atoms with Gasteiger partial charge >= 0.3 is 11.9 Å². The molecule has 1 aliphatic carbocycles. The number of aliphatic hydroxyl groups excluding tert-OH is 1. The lowest BCUT2D eigenvalue weighted by Crippen LogP contribution is -2.64. The maximum absolute atomic E-state index is 14.5. The van der Waals surface area contributed by atoms with Gasteiger partial charge in [0.15, 0.2) is 5.96 Å². The first-order valence-corrected chi connectivity index (χ1v) is 24.3. The first-order valence-electron chi connectivity index (χ1n) is 24.3. The van der Waals surface area contributed by atoms with Crippen LogP contribution in [-0.4, -0.2) is 146 Å². The van der Waals surface area contributed by atoms with Gasteiger partial charge in [0.05, 0.1) is 24.4 Å². The molecule has 1 saturated carbocycles. The average molecular weight is 948 g/mol. The Hall–Kier alpha value is -3.78. The van der Waals surface area contributed by atoms with E-state index in [4.69, 9.17) is 45.6 Å². The summed E-state index contributed by atoms with van der Waals surface area (Å²) in [5.41, 5.74) is 18.5. The van der Waals surface area contributed by atoms with Gasteiger partial charge in [-0.1, -0.05) is 45.4 Å². The van der Waals surface area contributed by atoms with Gasteiger partial charge in [0.2, 0.25) is 5.79 Å². The molecule has 15 atom stereocenters. The number of nitrogens with two attached hydrogens (primary N) is 3. The Balaban J connectivity index is 1.67. The number of esters is 2. The smallest absolute Gasteiger partial charge is 0.329 e. The van der Waals surface area contributed by atoms with E-state index >= 15 is 0 Å². The van der Waals surface area contributed by atoms with Crippen molar-refractivity contribution in [2.45, 2.75) is 186 Å². The molecule has 18 nitrogen and oxygen atoms in total. The van der Waals surface area contributed by atoms with Crippen LogP contribution in [0.2, 0.25) is 0 Å². The van der Waals surface area contributed by atoms with Crippen LogP contribution < -0.4 is 17.2 Å². The Labute approximate surface area is 397 Å². The first-order chi connectivity index (χ1) is 31.7. The Morgan fingerprint density at radius 2 is 1.64 bits per heavy atom. The molecule has 0 aromatic carbocycles. The van der Waals surface area contributed by atoms with Gasteiger partial charge in [-0.25, -0.2) is 4.79 Å². The predicted molar refractivity (Wildman–Crippen MR) is 250 cm³/mol. The number of hydrogen-bond acceptors (Lipinski definition) is 15. The van der Waals surface area contributed by atoms with E-state index in [0.29, 0.717) is 76.3 Å². The van der Waals surface area contributed by atoms with Gasteiger partial charge in [0.1, 0.15) is 36.2 Å². The van der Waals surface area contributed by atoms with E-state index in [-0.39, 0.29) is 49.4 Å². The van der Waals surface area contributed by atoms with E-state index in [9.17, 15) is 34.2 Å². The lowest BCUT2D eigenvalue weighted by Gasteiger charge is -2.47. The minimum Gasteiger partial charge on any atom is -0.458 e. The van der Waals surface area contributed by atoms with Crippen LogP contribution >= 0.6 is 0 Å². The van der Waals surface area contributed by atoms with Gasteiger partial charge in [-0.2, -0.15) is 0 Å². The van der Waals surface area contributed by atoms with Crippen LogP contribution in [0.4, 0.5) is 0 Å². The number of carbonyl (C=O) groups excluding carboxylic acids is 5. The number of rotatable bonds is 12. The highest BCUT2D eigenvalue weighted by atomic mass is 16.7. The highest BCUT2D eigenvalue weighted by Gasteiger charge is 2.56. The van der Waals surface area contributed by atoms with Crippen molar-refractivity contribution >= 4 is 35.4 Å². The quantitative estimate of drug-likeness (QED) is 0.0468. The fourth-order valence-electron chi connectivity index (χ4n) is 10.4. The number of carbonyl (C=O) groups is 5. The molecule has 0 spiro atoms. The summed E-state index contributed by atoms with van der Waals surface area (Å²) in [5.74, 6) is -8.54. The summed E-state index contributed by atoms with van der Waals surface area (Å²) in [6, 6.07) is -2.05. The average Bonchev–Trinajstić information content (AvgIpc) is 3.30. The molecule has 2 bridgehead atoms. The van der Waals surface area contributed by atoms with Crippen LogP contribution in [0.25, 0.3) is 0 Å². The van der Waals surface area contributed by atoms with E-state index in [1.165, 1.54) is 19.1 Å². The summed E-state index contributed by atoms with van der Waals surface area (Å²) < 4.78 is 36.0. The maximum atomic E-state index is 14.5. The summed E-state index contributed by atoms with van der Waals surface area (Å²) >= 11 is 0. The lowest BCUT2D eigenvalue weighted by atomic mass is 9.81. The van der Waals surface area contributed by atoms with Crippen LogP contribution in [-0.2, 0) is 52.4 Å². The number of ketones is 2. The second-order valence-corrected chi connectivity index (χ2v) is 19.6. The van der Waals surface area contributed by atoms with Crippen molar-refractivity contribution < 1.29 is 62.6 Å². The molecule has 0 aromatic rings. The lowest BCUT2D eigenvalue weighted by molar-refractivity contribution is -0.302. The van der Waals surface area contributed by atoms with Crippen LogP contribution in [0, 0.1) is 29.6 Å². The SMILES string of the molecule is CC[C@@H]1/C=C(\C)C[C@H](C)C[C@H](OC)[C@H]2O[C@@](O)(C(=O)C(=O)N3CCCC[C@H]3C(=O)O[C@H](/C(C)=C/[C@@H]3CC[C@@H](OC(=O)C(N)CCCN=C(N)N)[C@H](OC)C3)[C@H](C)[C@@H](O)CC1=O)[C@H](C)C[C@@H]2OC. The van der Waals surface area contributed by atoms with Gasteiger partial charge in [0, 0.05) is 58.6 Å². The highest BCUT2D eigenvalue weighted by molar-refractivity contribution is 6.39. The Bertz CT molecular complexity index is 1790. The van der Waals surface area contributed by atoms with Gasteiger partial charge in [-0.3, -0.25) is 24.2 Å². The van der Waals surface area contributed by atoms with Gasteiger partial charge in [-0.05, 0) is 108 Å². The Morgan fingerprint density at radius 3 is 2.28 bits per heavy atom. The number of allylic oxidation sites excluding steroid dienone is 3. The molecule has 18 heteroatoms. The molecule has 67 heavy (non-hydrogen) atoms. The number of methoxy groups -OCH3 is 3. The molecule has 3 fully saturated rings. The molecule has 0 aromatic heterocycles. The number of nitrogens with zero attached hydrogens (tertiary/aromatic N) is 2. The molecule has 8 N–H and O–H groups in total. The molecular weight excluding hydrogens is 867 g/mol. The molecule has 3 aliphatic heterocycles. The largest absolute Gasteiger partial charge is 0.458 e. The molecule has 4 rings (SSSR count). The number of Topliss-reactive ketones (excluding diaryl/α,β-unsaturated/α-hetero) is 2. The minimum absolute atomic E-state index is 0.00778. The zero-order valence-corrected chi connectivity index (χ0v) is 41.4. The van der Waals surface area contributed by atoms with Gasteiger partial charge in [0.25, 0.3) is 11.7 Å². The molecule has 2 saturated heterocycles. The summed E-state index contributed by atoms with van der Waals surface area (Å²) in [6.45, 7) is 11.5. The van der Waals surface area contributed by atoms with Crippen molar-refractivity contribution in [3.63, 3.8) is 0 Å². The first kappa shape index (κ1) is 55.8. The third kappa shape index (κ3) is 14.6. The number of cyclic esters (lactones) is 1. The maximum Gasteiger partial charge on any atom is 0.329 e. The fourth-order valence-corrected chi connectivity index (χ4v) is 10.4. The van der Waals surface area contributed by atoms with E-state index in [2.05, 4.69) is 4.99 Å². The van der Waals surface area contributed by atoms with Crippen LogP contribution in [0.1, 0.15) is 125 Å². The highest BCUT2D eigenvalue weighted by Crippen LogP contribution is 2.39. The number of piperidine rings is 1. The standard InChI is InChI=1S/C49H81N5O13/c1-10-33-21-27(2)20-28(3)22-40(63-8)43-41(64-9)24-30(5)49(61,67-43)44(57)45(58)54-19-12-11-15-35(54)47(60)66-42(31(6)36(55)26-37(33)56)29(4)23-32-16-17-38(39(25-32)62-7)65-46(59)34(50)14-13-18-53-48(51)52/h21,23,28,30-36,38-43,55,61H,10-20,22,24-26,50H2,1-9H3,(H4,51,52,53)/b27-21+,29-23+/t28-,30+,31+,32-,33+,34?,35-,36-,38+,39+,40-,41-,42+,43+,49+/m0/s1. The van der Waals surface area contributed by atoms with E-state index in [1.54, 1.807) is 27.9 Å². The fraction of sp³-hybridized carbons (Fsp3) is 0.796. The molecular formula is C49H81N5O13. The monoisotopic (exact) mass is 948 g/mol. The van der Waals surface area contributed by atoms with Crippen molar-refractivity contribution in [3.05, 3.63) is 23.3 Å². The van der Waals surface area contributed by atoms with Gasteiger partial charge in [-0.15, -0.1) is 0 Å². The van der Waals surface area contributed by atoms with Crippen LogP contribution in [0.3, 0.4) is 0 Å². The predicted octanol–water partition coefficient (Wildman–Crippen LogP) is 3.40. The third-order valence-corrected chi connectivity index (χ3v) is 14.4. The van der Waals surface area contributed by atoms with Crippen molar-refractivity contribution in [2.24, 2.45) is 51.8 Å². The molecule has 1 amide bonds. The summed E-state index contributed by atoms with van der Waals surface area (Å²) in [4.78, 5) is 75.2. The second kappa shape index (κ2) is 25.7. The number of aliphatic hydroxyl groups is 2. The zero-order chi connectivity index (χ0) is 49.7. The number of hydrogen-bond donors (Lipinski definition) is 5. The molecule has 380 valence electrons. The number of amides is 1. The normalized spacial score (nSPS) is 37.0. The zero-order valence-electron chi connectivity index (χ0n) is 41.4. The topological polar surface area (TPSA) is 275 Å². The third-order valence-electron chi connectivity index (χ3n) is 14.4. The molecule has 0 radical (unpaired) electrons. The van der Waals surface area contributed by atoms with Crippen molar-refractivity contribution in [1.29, 1.82) is 0 Å². The number of guanidine groups is 1. The summed E-state index contributed by atoms with van der Waals surface area (Å²) in [7, 11) is 4.59. The Morgan fingerprint density at radius 1 is 0.970 bits per heavy atom. The number of aliphatic imine (C=N–C) groups is 1. The summed E-state index contributed by atoms with van der Waals surface area (Å²) in [6.07, 6.45) is 3.66. The molecule has 1 unspecified atom stereocenters. The number of ether oxygens (including phenoxy) is 6. The second-order valence-electron chi connectivity index (χ2n) is 19.6. The van der Waals surface area contributed by atoms with Crippen LogP contribution in [0.5, 0.6) is 0 Å². The van der Waals surface area contributed by atoms with E-state index in [0.717, 1.165) is 5.57 Å². The van der Waals surface area contributed by atoms with Crippen LogP contribution in [0.15, 0.2) is 28.3 Å². The Kier molecular flexibility index (Phi) is 21.4. The van der Waals surface area contributed by atoms with Crippen molar-refractivity contribution in [2.75, 3.05) is 34.4 Å². The van der Waals surface area contributed by atoms with E-state index < -0.39 is 102 Å². The summed E-state index contributed by atoms with van der Waals surface area (Å²) in [5, 5.41) is 23.9. The van der Waals surface area contributed by atoms with Gasteiger partial charge < -0.3 is 60.7 Å². The van der Waals surface area contributed by atoms with Crippen molar-refractivity contribution in [1.82, 2.24) is 4.90 Å².